The summed E-state index contributed by atoms with van der Waals surface area (Å²) in [5.74, 6) is -2.03. The number of phenols is 1. The Morgan fingerprint density at radius 3 is 2.26 bits per heavy atom. The van der Waals surface area contributed by atoms with Gasteiger partial charge < -0.3 is 15.9 Å². The molecule has 0 amide bonds. The zero-order valence-electron chi connectivity index (χ0n) is 9.32. The minimum absolute atomic E-state index is 0.0958. The molecule has 0 saturated heterocycles. The lowest BCUT2D eigenvalue weighted by Crippen LogP contribution is -2.32. The van der Waals surface area contributed by atoms with Crippen LogP contribution in [0.2, 0.25) is 0 Å². The van der Waals surface area contributed by atoms with Crippen LogP contribution in [0.15, 0.2) is 18.2 Å². The summed E-state index contributed by atoms with van der Waals surface area (Å²) in [6, 6.07) is 2.39. The van der Waals surface area contributed by atoms with Gasteiger partial charge in [0.25, 0.3) is 0 Å². The van der Waals surface area contributed by atoms with Crippen molar-refractivity contribution in [1.82, 2.24) is 0 Å². The highest BCUT2D eigenvalue weighted by atomic mass is 32.3. The predicted molar refractivity (Wildman–Crippen MR) is 60.0 cm³/mol. The third kappa shape index (κ3) is 8.88. The molecule has 10 heteroatoms. The number of benzene rings is 1. The molecule has 1 unspecified atom stereocenters. The van der Waals surface area contributed by atoms with Gasteiger partial charge in [-0.1, -0.05) is 9.95 Å². The van der Waals surface area contributed by atoms with E-state index in [4.69, 9.17) is 28.9 Å². The molecule has 0 fully saturated rings. The number of hydrogen-bond acceptors (Lipinski definition) is 5. The highest BCUT2D eigenvalue weighted by molar-refractivity contribution is 7.80. The monoisotopic (exact) mass is 299 g/mol. The molecular formula is C9H11F2NO6S. The molecule has 0 spiro atoms. The van der Waals surface area contributed by atoms with E-state index in [0.29, 0.717) is 0 Å². The molecule has 0 saturated carbocycles. The number of aliphatic carboxylic acids is 1. The molecule has 0 aromatic heterocycles. The first kappa shape index (κ1) is 17.2. The minimum atomic E-state index is -5.17. The molecule has 0 radical (unpaired) electrons. The lowest BCUT2D eigenvalue weighted by Gasteiger charge is -2.07. The third-order valence-electron chi connectivity index (χ3n) is 1.79. The van der Waals surface area contributed by atoms with E-state index in [1.165, 1.54) is 12.1 Å². The summed E-state index contributed by atoms with van der Waals surface area (Å²) in [5.41, 5.74) is 5.41. The van der Waals surface area contributed by atoms with Gasteiger partial charge >= 0.3 is 16.5 Å². The maximum atomic E-state index is 13.1. The fourth-order valence-electron chi connectivity index (χ4n) is 1.03. The summed E-state index contributed by atoms with van der Waals surface area (Å²) in [7, 11) is -5.17. The number of aromatic hydroxyl groups is 1. The van der Waals surface area contributed by atoms with E-state index in [-0.39, 0.29) is 17.7 Å². The first-order chi connectivity index (χ1) is 8.50. The summed E-state index contributed by atoms with van der Waals surface area (Å²) < 4.78 is 47.1. The minimum Gasteiger partial charge on any atom is -0.508 e. The van der Waals surface area contributed by atoms with Crippen LogP contribution in [0.25, 0.3) is 0 Å². The van der Waals surface area contributed by atoms with Crippen molar-refractivity contribution in [2.75, 3.05) is 0 Å². The van der Waals surface area contributed by atoms with Crippen molar-refractivity contribution >= 4 is 16.5 Å². The Bertz CT molecular complexity index is 540. The van der Waals surface area contributed by atoms with Gasteiger partial charge in [-0.3, -0.25) is 9.35 Å². The molecule has 19 heavy (non-hydrogen) atoms. The SMILES string of the molecule is NC(Cc1ccc(O)cc1F)C(=O)O.O=S(=O)(O)F. The van der Waals surface area contributed by atoms with Crippen LogP contribution < -0.4 is 5.73 Å². The molecule has 7 nitrogen and oxygen atoms in total. The molecule has 1 aromatic carbocycles. The smallest absolute Gasteiger partial charge is 0.435 e. The van der Waals surface area contributed by atoms with E-state index in [2.05, 4.69) is 0 Å². The normalized spacial score (nSPS) is 12.2. The van der Waals surface area contributed by atoms with Gasteiger partial charge in [-0.2, -0.15) is 8.42 Å². The first-order valence-corrected chi connectivity index (χ1v) is 5.97. The molecule has 1 aromatic rings. The van der Waals surface area contributed by atoms with E-state index in [1.54, 1.807) is 0 Å². The van der Waals surface area contributed by atoms with Crippen LogP contribution in [-0.2, 0) is 21.7 Å². The number of carboxylic acid groups (broad SMARTS) is 1. The molecule has 0 aliphatic heterocycles. The van der Waals surface area contributed by atoms with Crippen molar-refractivity contribution in [1.29, 1.82) is 0 Å². The Morgan fingerprint density at radius 1 is 1.42 bits per heavy atom. The fourth-order valence-corrected chi connectivity index (χ4v) is 1.03. The Morgan fingerprint density at radius 2 is 1.89 bits per heavy atom. The average molecular weight is 299 g/mol. The molecule has 0 bridgehead atoms. The second kappa shape index (κ2) is 6.97. The van der Waals surface area contributed by atoms with Crippen LogP contribution in [0.3, 0.4) is 0 Å². The van der Waals surface area contributed by atoms with Crippen LogP contribution in [0.5, 0.6) is 5.75 Å². The van der Waals surface area contributed by atoms with Crippen LogP contribution >= 0.6 is 0 Å². The zero-order valence-corrected chi connectivity index (χ0v) is 10.1. The molecule has 108 valence electrons. The van der Waals surface area contributed by atoms with Crippen LogP contribution in [0.4, 0.5) is 8.28 Å². The van der Waals surface area contributed by atoms with Crippen LogP contribution in [0.1, 0.15) is 5.56 Å². The number of phenolic OH excluding ortho intramolecular Hbond substituents is 1. The molecule has 0 heterocycles. The second-order valence-electron chi connectivity index (χ2n) is 3.34. The van der Waals surface area contributed by atoms with Crippen molar-refractivity contribution < 1.29 is 36.3 Å². The number of carbonyl (C=O) groups is 1. The highest BCUT2D eigenvalue weighted by Gasteiger charge is 2.14. The van der Waals surface area contributed by atoms with Crippen molar-refractivity contribution in [3.63, 3.8) is 0 Å². The number of carboxylic acids is 1. The van der Waals surface area contributed by atoms with Gasteiger partial charge in [0.2, 0.25) is 0 Å². The van der Waals surface area contributed by atoms with Gasteiger partial charge in [-0.05, 0) is 11.6 Å². The van der Waals surface area contributed by atoms with Gasteiger partial charge in [0.05, 0.1) is 0 Å². The summed E-state index contributed by atoms with van der Waals surface area (Å²) in [6.07, 6.45) is -0.0958. The molecule has 5 N–H and O–H groups in total. The van der Waals surface area contributed by atoms with Crippen molar-refractivity contribution in [2.24, 2.45) is 5.73 Å². The summed E-state index contributed by atoms with van der Waals surface area (Å²) in [5, 5.41) is 17.4. The zero-order chi connectivity index (χ0) is 15.2. The molecule has 1 rings (SSSR count). The van der Waals surface area contributed by atoms with E-state index < -0.39 is 28.3 Å². The van der Waals surface area contributed by atoms with Crippen LogP contribution in [0, 0.1) is 5.82 Å². The van der Waals surface area contributed by atoms with Gasteiger partial charge in [0.1, 0.15) is 17.6 Å². The van der Waals surface area contributed by atoms with Gasteiger partial charge in [0, 0.05) is 12.5 Å². The predicted octanol–water partition coefficient (Wildman–Crippen LogP) is 0.244. The van der Waals surface area contributed by atoms with E-state index in [0.717, 1.165) is 6.07 Å². The highest BCUT2D eigenvalue weighted by Crippen LogP contribution is 2.15. The fraction of sp³-hybridized carbons (Fsp3) is 0.222. The summed E-state index contributed by atoms with van der Waals surface area (Å²) >= 11 is 0. The largest absolute Gasteiger partial charge is 0.508 e. The quantitative estimate of drug-likeness (QED) is 0.463. The van der Waals surface area contributed by atoms with Crippen molar-refractivity contribution in [2.45, 2.75) is 12.5 Å². The second-order valence-corrected chi connectivity index (χ2v) is 4.16. The molecule has 0 aliphatic carbocycles. The van der Waals surface area contributed by atoms with Crippen molar-refractivity contribution in [3.8, 4) is 5.75 Å². The lowest BCUT2D eigenvalue weighted by molar-refractivity contribution is -0.138. The van der Waals surface area contributed by atoms with E-state index in [1.807, 2.05) is 0 Å². The maximum Gasteiger partial charge on any atom is 0.435 e. The topological polar surface area (TPSA) is 138 Å². The van der Waals surface area contributed by atoms with Gasteiger partial charge in [-0.15, -0.1) is 0 Å². The molecule has 1 atom stereocenters. The van der Waals surface area contributed by atoms with Gasteiger partial charge in [0.15, 0.2) is 0 Å². The maximum absolute atomic E-state index is 13.1. The number of halogens is 2. The van der Waals surface area contributed by atoms with E-state index in [9.17, 15) is 13.1 Å². The van der Waals surface area contributed by atoms with Crippen molar-refractivity contribution in [3.05, 3.63) is 29.6 Å². The number of nitrogens with two attached hydrogens (primary N) is 1. The summed E-state index contributed by atoms with van der Waals surface area (Å²) in [6.45, 7) is 0. The van der Waals surface area contributed by atoms with Crippen LogP contribution in [-0.4, -0.2) is 35.2 Å². The Hall–Kier alpha value is -1.78. The Labute approximate surface area is 107 Å². The summed E-state index contributed by atoms with van der Waals surface area (Å²) in [4.78, 5) is 10.4. The number of rotatable bonds is 3. The van der Waals surface area contributed by atoms with Gasteiger partial charge in [-0.25, -0.2) is 4.39 Å². The Kier molecular flexibility index (Phi) is 6.32. The Balaban J connectivity index is 0.000000555. The molecule has 0 aliphatic rings. The molecular weight excluding hydrogens is 288 g/mol. The number of hydrogen-bond donors (Lipinski definition) is 4. The average Bonchev–Trinajstić information content (AvgIpc) is 2.19. The third-order valence-corrected chi connectivity index (χ3v) is 1.79. The lowest BCUT2D eigenvalue weighted by atomic mass is 10.1. The first-order valence-electron chi connectivity index (χ1n) is 4.63. The van der Waals surface area contributed by atoms with E-state index >= 15 is 0 Å². The standard InChI is InChI=1S/C9H10FNO3.FHO3S/c10-7-4-6(12)2-1-5(7)3-8(11)9(13)14;1-5(2,3)4/h1-2,4,8,12H,3,11H2,(H,13,14);(H,2,3,4).